The summed E-state index contributed by atoms with van der Waals surface area (Å²) in [5, 5.41) is 5.06. The van der Waals surface area contributed by atoms with E-state index in [-0.39, 0.29) is 11.5 Å². The number of hydrogen-bond donors (Lipinski definition) is 0. The van der Waals surface area contributed by atoms with Crippen LogP contribution in [0.25, 0.3) is 21.9 Å². The van der Waals surface area contributed by atoms with Gasteiger partial charge in [0.1, 0.15) is 10.3 Å². The number of halogens is 1. The van der Waals surface area contributed by atoms with Crippen LogP contribution in [-0.2, 0) is 11.3 Å². The number of aromatic nitrogens is 3. The standard InChI is InChI=1S/C30H25ClN4O3S/c1-2-3-8-17-38-21-15-13-19(14-16-21)27-32-30-35(33-27)29(37)26(39-30)25-22-10-5-7-12-24(22)34(28(25)36)18-20-9-4-6-11-23(20)31/h4-7,9-16H,2-3,8,17-18H2,1H3/b26-25-. The summed E-state index contributed by atoms with van der Waals surface area (Å²) in [7, 11) is 0. The predicted molar refractivity (Wildman–Crippen MR) is 154 cm³/mol. The van der Waals surface area contributed by atoms with E-state index in [2.05, 4.69) is 17.0 Å². The number of ether oxygens (including phenoxy) is 1. The summed E-state index contributed by atoms with van der Waals surface area (Å²) in [6.07, 6.45) is 3.31. The predicted octanol–water partition coefficient (Wildman–Crippen LogP) is 5.51. The zero-order valence-electron chi connectivity index (χ0n) is 21.3. The third kappa shape index (κ3) is 4.70. The number of nitrogens with zero attached hydrogens (tertiary/aromatic N) is 4. The molecule has 0 atom stereocenters. The Morgan fingerprint density at radius 1 is 0.949 bits per heavy atom. The van der Waals surface area contributed by atoms with E-state index in [1.54, 1.807) is 11.0 Å². The average molecular weight is 557 g/mol. The van der Waals surface area contributed by atoms with Crippen LogP contribution >= 0.6 is 22.9 Å². The first-order valence-electron chi connectivity index (χ1n) is 12.9. The molecule has 6 rings (SSSR count). The number of fused-ring (bicyclic) bond motifs is 2. The molecule has 2 aromatic heterocycles. The van der Waals surface area contributed by atoms with Crippen LogP contribution in [0.3, 0.4) is 0 Å². The molecule has 0 aliphatic carbocycles. The summed E-state index contributed by atoms with van der Waals surface area (Å²) in [4.78, 5) is 33.9. The second-order valence-corrected chi connectivity index (χ2v) is 10.7. The van der Waals surface area contributed by atoms with Gasteiger partial charge in [-0.05, 0) is 48.4 Å². The topological polar surface area (TPSA) is 76.8 Å². The van der Waals surface area contributed by atoms with Gasteiger partial charge in [0, 0.05) is 16.1 Å². The van der Waals surface area contributed by atoms with Crippen molar-refractivity contribution >= 4 is 45.1 Å². The van der Waals surface area contributed by atoms with Gasteiger partial charge in [-0.3, -0.25) is 9.59 Å². The molecule has 1 aliphatic rings. The molecule has 0 radical (unpaired) electrons. The lowest BCUT2D eigenvalue weighted by Gasteiger charge is -2.17. The molecule has 0 spiro atoms. The van der Waals surface area contributed by atoms with Crippen molar-refractivity contribution in [3.63, 3.8) is 0 Å². The van der Waals surface area contributed by atoms with Gasteiger partial charge in [-0.2, -0.15) is 9.50 Å². The van der Waals surface area contributed by atoms with Crippen molar-refractivity contribution in [3.8, 4) is 17.1 Å². The summed E-state index contributed by atoms with van der Waals surface area (Å²) in [5.41, 5.74) is 3.08. The monoisotopic (exact) mass is 556 g/mol. The van der Waals surface area contributed by atoms with Gasteiger partial charge in [0.15, 0.2) is 5.82 Å². The zero-order chi connectivity index (χ0) is 26.9. The van der Waals surface area contributed by atoms with E-state index in [0.29, 0.717) is 44.6 Å². The van der Waals surface area contributed by atoms with Gasteiger partial charge in [-0.1, -0.05) is 79.1 Å². The molecule has 39 heavy (non-hydrogen) atoms. The molecule has 9 heteroatoms. The Morgan fingerprint density at radius 3 is 2.49 bits per heavy atom. The van der Waals surface area contributed by atoms with Crippen LogP contribution in [0.15, 0.2) is 77.6 Å². The minimum Gasteiger partial charge on any atom is -0.494 e. The quantitative estimate of drug-likeness (QED) is 0.236. The molecule has 0 bridgehead atoms. The lowest BCUT2D eigenvalue weighted by atomic mass is 10.1. The van der Waals surface area contributed by atoms with Gasteiger partial charge in [0.25, 0.3) is 11.5 Å². The van der Waals surface area contributed by atoms with Crippen molar-refractivity contribution in [3.05, 3.63) is 104 Å². The molecule has 0 saturated heterocycles. The molecule has 3 heterocycles. The van der Waals surface area contributed by atoms with Crippen molar-refractivity contribution in [1.29, 1.82) is 0 Å². The van der Waals surface area contributed by atoms with Crippen molar-refractivity contribution in [1.82, 2.24) is 14.6 Å². The molecule has 0 fully saturated rings. The first-order chi connectivity index (χ1) is 19.0. The molecular weight excluding hydrogens is 532 g/mol. The Kier molecular flexibility index (Phi) is 6.89. The van der Waals surface area contributed by atoms with Gasteiger partial charge in [0.05, 0.1) is 24.4 Å². The van der Waals surface area contributed by atoms with Gasteiger partial charge >= 0.3 is 0 Å². The fourth-order valence-electron chi connectivity index (χ4n) is 4.70. The second kappa shape index (κ2) is 10.6. The molecule has 0 N–H and O–H groups in total. The number of para-hydroxylation sites is 1. The van der Waals surface area contributed by atoms with Crippen molar-refractivity contribution in [2.75, 3.05) is 11.5 Å². The fourth-order valence-corrected chi connectivity index (χ4v) is 5.90. The first-order valence-corrected chi connectivity index (χ1v) is 14.1. The molecule has 1 aliphatic heterocycles. The van der Waals surface area contributed by atoms with Crippen LogP contribution in [0.5, 0.6) is 5.75 Å². The highest BCUT2D eigenvalue weighted by Crippen LogP contribution is 2.37. The lowest BCUT2D eigenvalue weighted by molar-refractivity contribution is -0.113. The molecule has 0 saturated carbocycles. The second-order valence-electron chi connectivity index (χ2n) is 9.32. The van der Waals surface area contributed by atoms with Gasteiger partial charge < -0.3 is 9.64 Å². The molecule has 5 aromatic rings. The molecule has 7 nitrogen and oxygen atoms in total. The number of hydrogen-bond acceptors (Lipinski definition) is 6. The average Bonchev–Trinajstić information content (AvgIpc) is 3.59. The van der Waals surface area contributed by atoms with Crippen molar-refractivity contribution < 1.29 is 9.53 Å². The summed E-state index contributed by atoms with van der Waals surface area (Å²) < 4.78 is 7.39. The largest absolute Gasteiger partial charge is 0.494 e. The smallest absolute Gasteiger partial charge is 0.291 e. The highest BCUT2D eigenvalue weighted by atomic mass is 35.5. The number of carbonyl (C=O) groups is 1. The number of benzene rings is 3. The number of rotatable bonds is 8. The van der Waals surface area contributed by atoms with Crippen LogP contribution in [0.2, 0.25) is 5.02 Å². The SMILES string of the molecule is CCCCCOc1ccc(-c2nc3s/c(=C4\C(=O)N(Cc5ccccc5Cl)c5ccccc54)c(=O)n3n2)cc1. The number of anilines is 1. The van der Waals surface area contributed by atoms with E-state index in [1.807, 2.05) is 66.7 Å². The lowest BCUT2D eigenvalue weighted by Crippen LogP contribution is -2.32. The van der Waals surface area contributed by atoms with Crippen molar-refractivity contribution in [2.24, 2.45) is 0 Å². The van der Waals surface area contributed by atoms with Crippen LogP contribution < -0.4 is 19.7 Å². The zero-order valence-corrected chi connectivity index (χ0v) is 22.8. The summed E-state index contributed by atoms with van der Waals surface area (Å²) >= 11 is 7.56. The van der Waals surface area contributed by atoms with Crippen LogP contribution in [0.1, 0.15) is 37.3 Å². The summed E-state index contributed by atoms with van der Waals surface area (Å²) in [6, 6.07) is 22.5. The van der Waals surface area contributed by atoms with E-state index in [0.717, 1.165) is 41.8 Å². The number of thiazole rings is 1. The van der Waals surface area contributed by atoms with E-state index in [4.69, 9.17) is 16.3 Å². The Labute approximate surface area is 233 Å². The maximum Gasteiger partial charge on any atom is 0.291 e. The molecule has 3 aromatic carbocycles. The maximum absolute atomic E-state index is 13.7. The van der Waals surface area contributed by atoms with Crippen LogP contribution in [-0.4, -0.2) is 27.1 Å². The highest BCUT2D eigenvalue weighted by molar-refractivity contribution is 7.15. The molecule has 0 unspecified atom stereocenters. The van der Waals surface area contributed by atoms with E-state index < -0.39 is 0 Å². The maximum atomic E-state index is 13.7. The van der Waals surface area contributed by atoms with E-state index in [9.17, 15) is 9.59 Å². The van der Waals surface area contributed by atoms with Crippen LogP contribution in [0, 0.1) is 0 Å². The third-order valence-electron chi connectivity index (χ3n) is 6.72. The summed E-state index contributed by atoms with van der Waals surface area (Å²) in [6.45, 7) is 3.15. The van der Waals surface area contributed by atoms with E-state index >= 15 is 0 Å². The minimum atomic E-state index is -0.359. The number of carbonyl (C=O) groups excluding carboxylic acids is 1. The van der Waals surface area contributed by atoms with Gasteiger partial charge in [-0.25, -0.2) is 0 Å². The fraction of sp³-hybridized carbons (Fsp3) is 0.200. The highest BCUT2D eigenvalue weighted by Gasteiger charge is 2.34. The third-order valence-corrected chi connectivity index (χ3v) is 8.12. The van der Waals surface area contributed by atoms with Crippen LogP contribution in [0.4, 0.5) is 5.69 Å². The Hall–Kier alpha value is -4.01. The number of amides is 1. The Morgan fingerprint density at radius 2 is 1.72 bits per heavy atom. The normalized spacial score (nSPS) is 14.3. The molecule has 196 valence electrons. The molecular formula is C30H25ClN4O3S. The van der Waals surface area contributed by atoms with Crippen molar-refractivity contribution in [2.45, 2.75) is 32.7 Å². The molecule has 1 amide bonds. The van der Waals surface area contributed by atoms with Gasteiger partial charge in [0.2, 0.25) is 4.96 Å². The Balaban J connectivity index is 1.34. The minimum absolute atomic E-state index is 0.243. The first kappa shape index (κ1) is 25.3. The Bertz CT molecular complexity index is 1800. The summed E-state index contributed by atoms with van der Waals surface area (Å²) in [5.74, 6) is 0.997. The van der Waals surface area contributed by atoms with Gasteiger partial charge in [-0.15, -0.1) is 5.10 Å². The number of unbranched alkanes of at least 4 members (excludes halogenated alkanes) is 2. The van der Waals surface area contributed by atoms with E-state index in [1.165, 1.54) is 15.9 Å².